The highest BCUT2D eigenvalue weighted by Crippen LogP contribution is 2.40. The van der Waals surface area contributed by atoms with Crippen molar-refractivity contribution in [2.24, 2.45) is 0 Å². The maximum Gasteiger partial charge on any atom is 0.270 e. The summed E-state index contributed by atoms with van der Waals surface area (Å²) in [5.74, 6) is -0.925. The van der Waals surface area contributed by atoms with Gasteiger partial charge in [0.1, 0.15) is 5.57 Å². The number of nitrogens with zero attached hydrogens (tertiary/aromatic N) is 2. The number of halogens is 1. The van der Waals surface area contributed by atoms with Gasteiger partial charge in [-0.3, -0.25) is 19.8 Å². The Hall–Kier alpha value is -2.77. The summed E-state index contributed by atoms with van der Waals surface area (Å²) in [5.41, 5.74) is 5.85. The molecular weight excluding hydrogens is 498 g/mol. The Balaban J connectivity index is 1.79. The second-order valence-electron chi connectivity index (χ2n) is 8.89. The molecule has 2 aliphatic rings. The van der Waals surface area contributed by atoms with E-state index in [0.717, 1.165) is 27.7 Å². The molecule has 2 heterocycles. The summed E-state index contributed by atoms with van der Waals surface area (Å²) in [6, 6.07) is 11.4. The Morgan fingerprint density at radius 3 is 2.42 bits per heavy atom. The number of benzene rings is 2. The summed E-state index contributed by atoms with van der Waals surface area (Å²) in [6.45, 7) is 11.5. The minimum atomic E-state index is -0.487. The Labute approximate surface area is 208 Å². The van der Waals surface area contributed by atoms with Crippen LogP contribution in [0, 0.1) is 6.92 Å². The van der Waals surface area contributed by atoms with Crippen molar-refractivity contribution < 1.29 is 9.59 Å². The number of amides is 2. The average Bonchev–Trinajstić information content (AvgIpc) is 2.72. The van der Waals surface area contributed by atoms with Gasteiger partial charge in [-0.2, -0.15) is 0 Å². The lowest BCUT2D eigenvalue weighted by Gasteiger charge is -2.43. The van der Waals surface area contributed by atoms with Crippen LogP contribution in [0.5, 0.6) is 0 Å². The van der Waals surface area contributed by atoms with Crippen LogP contribution in [0.25, 0.3) is 11.6 Å². The largest absolute Gasteiger partial charge is 0.363 e. The number of carbonyl (C=O) groups excluding carboxylic acids is 2. The highest BCUT2D eigenvalue weighted by atomic mass is 79.9. The number of hydrogen-bond acceptors (Lipinski definition) is 4. The molecule has 0 aliphatic carbocycles. The van der Waals surface area contributed by atoms with E-state index in [1.165, 1.54) is 16.2 Å². The molecule has 0 atom stereocenters. The van der Waals surface area contributed by atoms with Crippen LogP contribution in [-0.4, -0.2) is 29.0 Å². The van der Waals surface area contributed by atoms with Crippen LogP contribution in [0.15, 0.2) is 52.5 Å². The smallest absolute Gasteiger partial charge is 0.270 e. The standard InChI is InChI=1S/C26H26BrN3O2S/c1-6-29-22-11-15(2)17(12-20(22)16(3)14-26(29,4)5)13-21-23(31)28-25(33)30(24(21)32)19-9-7-18(27)8-10-19/h7-14H,6H2,1-5H3,(H,28,31,33)/b21-13-. The first-order chi connectivity index (χ1) is 15.5. The number of fused-ring (bicyclic) bond motifs is 1. The van der Waals surface area contributed by atoms with E-state index in [9.17, 15) is 9.59 Å². The maximum absolute atomic E-state index is 13.4. The van der Waals surface area contributed by atoms with Crippen molar-refractivity contribution in [1.29, 1.82) is 0 Å². The molecule has 0 unspecified atom stereocenters. The second-order valence-corrected chi connectivity index (χ2v) is 10.2. The van der Waals surface area contributed by atoms with Gasteiger partial charge in [-0.15, -0.1) is 0 Å². The molecule has 7 heteroatoms. The van der Waals surface area contributed by atoms with Gasteiger partial charge in [0.15, 0.2) is 5.11 Å². The summed E-state index contributed by atoms with van der Waals surface area (Å²) >= 11 is 8.70. The molecule has 0 saturated carbocycles. The third kappa shape index (κ3) is 4.15. The molecule has 1 fully saturated rings. The van der Waals surface area contributed by atoms with Gasteiger partial charge in [0.25, 0.3) is 11.8 Å². The predicted molar refractivity (Wildman–Crippen MR) is 142 cm³/mol. The fourth-order valence-electron chi connectivity index (χ4n) is 4.62. The topological polar surface area (TPSA) is 52.7 Å². The lowest BCUT2D eigenvalue weighted by Crippen LogP contribution is -2.54. The SMILES string of the molecule is CCN1c2cc(C)c(/C=C3/C(=O)NC(=S)N(c4ccc(Br)cc4)C3=O)cc2C(C)=CC1(C)C. The van der Waals surface area contributed by atoms with Crippen LogP contribution in [0.2, 0.25) is 0 Å². The van der Waals surface area contributed by atoms with E-state index in [4.69, 9.17) is 12.2 Å². The van der Waals surface area contributed by atoms with Crippen LogP contribution in [0.1, 0.15) is 44.4 Å². The monoisotopic (exact) mass is 523 g/mol. The van der Waals surface area contributed by atoms with Gasteiger partial charge in [0.05, 0.1) is 11.2 Å². The first kappa shape index (κ1) is 23.4. The highest BCUT2D eigenvalue weighted by Gasteiger charge is 2.35. The number of aryl methyl sites for hydroxylation is 1. The molecule has 170 valence electrons. The Morgan fingerprint density at radius 2 is 1.79 bits per heavy atom. The lowest BCUT2D eigenvalue weighted by atomic mass is 9.86. The minimum absolute atomic E-state index is 0.0553. The number of likely N-dealkylation sites (N-methyl/N-ethyl adjacent to an activating group) is 1. The number of carbonyl (C=O) groups is 2. The van der Waals surface area contributed by atoms with Crippen molar-refractivity contribution in [2.75, 3.05) is 16.3 Å². The molecule has 1 saturated heterocycles. The number of rotatable bonds is 3. The number of nitrogens with one attached hydrogen (secondary N) is 1. The molecule has 5 nitrogen and oxygen atoms in total. The van der Waals surface area contributed by atoms with E-state index in [1.807, 2.05) is 19.1 Å². The summed E-state index contributed by atoms with van der Waals surface area (Å²) in [6.07, 6.45) is 3.93. The number of thiocarbonyl (C=S) groups is 1. The van der Waals surface area contributed by atoms with Gasteiger partial charge in [-0.1, -0.05) is 22.0 Å². The van der Waals surface area contributed by atoms with Crippen LogP contribution in [0.3, 0.4) is 0 Å². The summed E-state index contributed by atoms with van der Waals surface area (Å²) < 4.78 is 0.888. The summed E-state index contributed by atoms with van der Waals surface area (Å²) in [5, 5.41) is 2.73. The van der Waals surface area contributed by atoms with Gasteiger partial charge in [0, 0.05) is 22.3 Å². The van der Waals surface area contributed by atoms with E-state index in [0.29, 0.717) is 5.69 Å². The molecule has 0 aromatic heterocycles. The van der Waals surface area contributed by atoms with Crippen molar-refractivity contribution in [1.82, 2.24) is 5.32 Å². The number of hydrogen-bond donors (Lipinski definition) is 1. The third-order valence-electron chi connectivity index (χ3n) is 6.17. The fraction of sp³-hybridized carbons (Fsp3) is 0.269. The van der Waals surface area contributed by atoms with Crippen molar-refractivity contribution >= 4 is 68.1 Å². The molecule has 2 aromatic rings. The van der Waals surface area contributed by atoms with Gasteiger partial charge in [-0.05, 0) is 106 Å². The maximum atomic E-state index is 13.4. The van der Waals surface area contributed by atoms with E-state index >= 15 is 0 Å². The van der Waals surface area contributed by atoms with Crippen molar-refractivity contribution in [3.05, 3.63) is 69.2 Å². The number of anilines is 2. The van der Waals surface area contributed by atoms with E-state index < -0.39 is 11.8 Å². The predicted octanol–water partition coefficient (Wildman–Crippen LogP) is 5.61. The first-order valence-corrected chi connectivity index (χ1v) is 12.0. The van der Waals surface area contributed by atoms with Crippen LogP contribution in [-0.2, 0) is 9.59 Å². The van der Waals surface area contributed by atoms with Crippen molar-refractivity contribution in [3.63, 3.8) is 0 Å². The highest BCUT2D eigenvalue weighted by molar-refractivity contribution is 9.10. The van der Waals surface area contributed by atoms with Crippen molar-refractivity contribution in [2.45, 2.75) is 40.2 Å². The van der Waals surface area contributed by atoms with Gasteiger partial charge < -0.3 is 4.90 Å². The molecule has 2 aromatic carbocycles. The average molecular weight is 524 g/mol. The third-order valence-corrected chi connectivity index (χ3v) is 6.98. The van der Waals surface area contributed by atoms with Crippen LogP contribution < -0.4 is 15.1 Å². The lowest BCUT2D eigenvalue weighted by molar-refractivity contribution is -0.122. The molecule has 1 N–H and O–H groups in total. The molecule has 4 rings (SSSR count). The normalized spacial score (nSPS) is 18.9. The quantitative estimate of drug-likeness (QED) is 0.322. The zero-order valence-corrected chi connectivity index (χ0v) is 21.7. The van der Waals surface area contributed by atoms with Gasteiger partial charge in [0.2, 0.25) is 0 Å². The Bertz CT molecular complexity index is 1240. The van der Waals surface area contributed by atoms with E-state index in [2.05, 4.69) is 72.1 Å². The molecular formula is C26H26BrN3O2S. The first-order valence-electron chi connectivity index (χ1n) is 10.8. The molecule has 33 heavy (non-hydrogen) atoms. The molecule has 0 spiro atoms. The summed E-state index contributed by atoms with van der Waals surface area (Å²) in [7, 11) is 0. The number of allylic oxidation sites excluding steroid dienone is 1. The Kier molecular flexibility index (Phi) is 6.05. The molecule has 2 amide bonds. The molecule has 0 bridgehead atoms. The van der Waals surface area contributed by atoms with Crippen molar-refractivity contribution in [3.8, 4) is 0 Å². The van der Waals surface area contributed by atoms with Gasteiger partial charge in [-0.25, -0.2) is 0 Å². The van der Waals surface area contributed by atoms with Crippen LogP contribution >= 0.6 is 28.1 Å². The zero-order chi connectivity index (χ0) is 24.1. The van der Waals surface area contributed by atoms with E-state index in [1.54, 1.807) is 18.2 Å². The summed E-state index contributed by atoms with van der Waals surface area (Å²) in [4.78, 5) is 29.8. The van der Waals surface area contributed by atoms with E-state index in [-0.39, 0.29) is 16.2 Å². The molecule has 2 aliphatic heterocycles. The minimum Gasteiger partial charge on any atom is -0.363 e. The molecule has 0 radical (unpaired) electrons. The fourth-order valence-corrected chi connectivity index (χ4v) is 5.16. The second kappa shape index (κ2) is 8.54. The zero-order valence-electron chi connectivity index (χ0n) is 19.3. The van der Waals surface area contributed by atoms with Gasteiger partial charge >= 0.3 is 0 Å². The Morgan fingerprint density at radius 1 is 1.12 bits per heavy atom. The van der Waals surface area contributed by atoms with Crippen LogP contribution in [0.4, 0.5) is 11.4 Å².